The van der Waals surface area contributed by atoms with E-state index in [0.717, 1.165) is 38.3 Å². The van der Waals surface area contributed by atoms with Gasteiger partial charge in [-0.05, 0) is 31.2 Å². The second-order valence-corrected chi connectivity index (χ2v) is 5.63. The molecule has 0 bridgehead atoms. The van der Waals surface area contributed by atoms with E-state index in [-0.39, 0.29) is 12.1 Å². The number of hydrogen-bond donors (Lipinski definition) is 1. The van der Waals surface area contributed by atoms with Crippen molar-refractivity contribution in [2.45, 2.75) is 25.4 Å². The summed E-state index contributed by atoms with van der Waals surface area (Å²) in [5, 5.41) is 0. The second-order valence-electron chi connectivity index (χ2n) is 5.63. The van der Waals surface area contributed by atoms with Gasteiger partial charge in [0.15, 0.2) is 0 Å². The van der Waals surface area contributed by atoms with Crippen LogP contribution in [0.2, 0.25) is 0 Å². The number of likely N-dealkylation sites (N-methyl/N-ethyl adjacent to an activating group) is 1. The van der Waals surface area contributed by atoms with Gasteiger partial charge in [0, 0.05) is 32.2 Å². The maximum atomic E-state index is 6.41. The third kappa shape index (κ3) is 3.51. The first-order valence-corrected chi connectivity index (χ1v) is 7.47. The molecule has 0 aliphatic carbocycles. The Hall–Kier alpha value is -1.10. The van der Waals surface area contributed by atoms with Gasteiger partial charge in [-0.3, -0.25) is 4.90 Å². The normalized spacial score (nSPS) is 20.6. The fraction of sp³-hybridized carbons (Fsp3) is 0.625. The first-order valence-electron chi connectivity index (χ1n) is 7.47. The predicted octanol–water partition coefficient (Wildman–Crippen LogP) is 1.72. The summed E-state index contributed by atoms with van der Waals surface area (Å²) < 4.78 is 5.36. The molecule has 2 atom stereocenters. The molecule has 2 N–H and O–H groups in total. The molecule has 1 aromatic rings. The van der Waals surface area contributed by atoms with Gasteiger partial charge in [-0.15, -0.1) is 0 Å². The first kappa shape index (κ1) is 15.3. The highest BCUT2D eigenvalue weighted by atomic mass is 16.5. The van der Waals surface area contributed by atoms with Gasteiger partial charge in [0.1, 0.15) is 5.75 Å². The van der Waals surface area contributed by atoms with Crippen molar-refractivity contribution in [3.63, 3.8) is 0 Å². The van der Waals surface area contributed by atoms with E-state index in [9.17, 15) is 0 Å². The quantitative estimate of drug-likeness (QED) is 0.890. The number of benzene rings is 1. The van der Waals surface area contributed by atoms with Gasteiger partial charge in [0.25, 0.3) is 0 Å². The number of nitrogens with two attached hydrogens (primary N) is 1. The van der Waals surface area contributed by atoms with Crippen LogP contribution in [-0.4, -0.2) is 56.2 Å². The zero-order chi connectivity index (χ0) is 14.5. The van der Waals surface area contributed by atoms with Gasteiger partial charge >= 0.3 is 0 Å². The molecule has 1 aliphatic heterocycles. The molecule has 1 aliphatic rings. The molecular formula is C16H27N3O. The molecule has 1 aromatic carbocycles. The smallest absolute Gasteiger partial charge is 0.119 e. The number of nitrogens with zero attached hydrogens (tertiary/aromatic N) is 2. The van der Waals surface area contributed by atoms with Crippen molar-refractivity contribution in [1.29, 1.82) is 0 Å². The van der Waals surface area contributed by atoms with Gasteiger partial charge in [-0.25, -0.2) is 0 Å². The van der Waals surface area contributed by atoms with E-state index in [1.54, 1.807) is 7.11 Å². The van der Waals surface area contributed by atoms with E-state index in [1.165, 1.54) is 5.56 Å². The number of ether oxygens (including phenoxy) is 1. The molecular weight excluding hydrogens is 250 g/mol. The summed E-state index contributed by atoms with van der Waals surface area (Å²) in [6.07, 6.45) is 0.980. The van der Waals surface area contributed by atoms with Gasteiger partial charge in [0.05, 0.1) is 13.2 Å². The van der Waals surface area contributed by atoms with Gasteiger partial charge in [-0.1, -0.05) is 19.1 Å². The Kier molecular flexibility index (Phi) is 5.40. The summed E-state index contributed by atoms with van der Waals surface area (Å²) in [5.74, 6) is 0.907. The molecule has 0 spiro atoms. The van der Waals surface area contributed by atoms with Crippen LogP contribution in [0.25, 0.3) is 0 Å². The second kappa shape index (κ2) is 7.07. The lowest BCUT2D eigenvalue weighted by atomic mass is 9.95. The molecule has 0 aromatic heterocycles. The highest BCUT2D eigenvalue weighted by Crippen LogP contribution is 2.28. The van der Waals surface area contributed by atoms with Crippen LogP contribution in [0.5, 0.6) is 5.75 Å². The number of hydrogen-bond acceptors (Lipinski definition) is 4. The van der Waals surface area contributed by atoms with Gasteiger partial charge in [-0.2, -0.15) is 0 Å². The molecule has 1 fully saturated rings. The fourth-order valence-electron chi connectivity index (χ4n) is 2.88. The van der Waals surface area contributed by atoms with Crippen LogP contribution >= 0.6 is 0 Å². The lowest BCUT2D eigenvalue weighted by molar-refractivity contribution is 0.0968. The third-order valence-electron chi connectivity index (χ3n) is 4.24. The Morgan fingerprint density at radius 1 is 1.25 bits per heavy atom. The molecule has 1 saturated heterocycles. The summed E-state index contributed by atoms with van der Waals surface area (Å²) in [5.41, 5.74) is 7.68. The van der Waals surface area contributed by atoms with Crippen molar-refractivity contribution in [2.24, 2.45) is 5.73 Å². The number of methoxy groups -OCH3 is 1. The largest absolute Gasteiger partial charge is 0.497 e. The Morgan fingerprint density at radius 3 is 2.55 bits per heavy atom. The summed E-state index contributed by atoms with van der Waals surface area (Å²) in [6, 6.07) is 8.77. The molecule has 20 heavy (non-hydrogen) atoms. The summed E-state index contributed by atoms with van der Waals surface area (Å²) in [4.78, 5) is 4.89. The summed E-state index contributed by atoms with van der Waals surface area (Å²) in [7, 11) is 3.89. The van der Waals surface area contributed by atoms with Crippen molar-refractivity contribution < 1.29 is 4.74 Å². The fourth-order valence-corrected chi connectivity index (χ4v) is 2.88. The van der Waals surface area contributed by atoms with Crippen molar-refractivity contribution in [3.05, 3.63) is 29.8 Å². The molecule has 0 radical (unpaired) electrons. The number of piperazine rings is 1. The topological polar surface area (TPSA) is 41.7 Å². The third-order valence-corrected chi connectivity index (χ3v) is 4.24. The number of rotatable bonds is 5. The average Bonchev–Trinajstić information content (AvgIpc) is 2.49. The molecule has 0 amide bonds. The SMILES string of the molecule is CCC(N)C(c1cccc(OC)c1)N1CCN(C)CC1. The van der Waals surface area contributed by atoms with E-state index in [1.807, 2.05) is 6.07 Å². The minimum absolute atomic E-state index is 0.158. The van der Waals surface area contributed by atoms with Crippen molar-refractivity contribution in [2.75, 3.05) is 40.3 Å². The molecule has 112 valence electrons. The lowest BCUT2D eigenvalue weighted by Gasteiger charge is -2.40. The van der Waals surface area contributed by atoms with Crippen LogP contribution in [0.15, 0.2) is 24.3 Å². The molecule has 1 heterocycles. The minimum atomic E-state index is 0.158. The van der Waals surface area contributed by atoms with Crippen molar-refractivity contribution in [1.82, 2.24) is 9.80 Å². The maximum absolute atomic E-state index is 6.41. The van der Waals surface area contributed by atoms with Crippen LogP contribution in [0.3, 0.4) is 0 Å². The Bertz CT molecular complexity index is 416. The minimum Gasteiger partial charge on any atom is -0.497 e. The monoisotopic (exact) mass is 277 g/mol. The van der Waals surface area contributed by atoms with Crippen molar-refractivity contribution >= 4 is 0 Å². The van der Waals surface area contributed by atoms with Crippen molar-refractivity contribution in [3.8, 4) is 5.75 Å². The van der Waals surface area contributed by atoms with E-state index in [2.05, 4.69) is 42.0 Å². The zero-order valence-corrected chi connectivity index (χ0v) is 12.9. The van der Waals surface area contributed by atoms with E-state index >= 15 is 0 Å². The zero-order valence-electron chi connectivity index (χ0n) is 12.9. The first-order chi connectivity index (χ1) is 9.65. The Balaban J connectivity index is 2.22. The predicted molar refractivity (Wildman–Crippen MR) is 83.1 cm³/mol. The molecule has 0 saturated carbocycles. The Labute approximate surface area is 122 Å². The van der Waals surface area contributed by atoms with Gasteiger partial charge in [0.2, 0.25) is 0 Å². The van der Waals surface area contributed by atoms with E-state index in [4.69, 9.17) is 10.5 Å². The highest BCUT2D eigenvalue weighted by Gasteiger charge is 2.28. The van der Waals surface area contributed by atoms with Gasteiger partial charge < -0.3 is 15.4 Å². The molecule has 4 heteroatoms. The summed E-state index contributed by atoms with van der Waals surface area (Å²) >= 11 is 0. The van der Waals surface area contributed by atoms with Crippen LogP contribution in [0, 0.1) is 0 Å². The lowest BCUT2D eigenvalue weighted by Crippen LogP contribution is -2.50. The molecule has 2 unspecified atom stereocenters. The standard InChI is InChI=1S/C16H27N3O/c1-4-15(17)16(19-10-8-18(2)9-11-19)13-6-5-7-14(12-13)20-3/h5-7,12,15-16H,4,8-11,17H2,1-3H3. The highest BCUT2D eigenvalue weighted by molar-refractivity contribution is 5.31. The maximum Gasteiger partial charge on any atom is 0.119 e. The molecule has 2 rings (SSSR count). The van der Waals surface area contributed by atoms with E-state index in [0.29, 0.717) is 0 Å². The van der Waals surface area contributed by atoms with E-state index < -0.39 is 0 Å². The summed E-state index contributed by atoms with van der Waals surface area (Å²) in [6.45, 7) is 6.53. The molecule has 4 nitrogen and oxygen atoms in total. The van der Waals surface area contributed by atoms with Crippen LogP contribution in [0.1, 0.15) is 24.9 Å². The van der Waals surface area contributed by atoms with Crippen LogP contribution in [-0.2, 0) is 0 Å². The average molecular weight is 277 g/mol. The Morgan fingerprint density at radius 2 is 1.95 bits per heavy atom. The van der Waals surface area contributed by atoms with Crippen LogP contribution < -0.4 is 10.5 Å². The van der Waals surface area contributed by atoms with Crippen LogP contribution in [0.4, 0.5) is 0 Å².